The number of aromatic nitrogens is 5. The van der Waals surface area contributed by atoms with Crippen molar-refractivity contribution in [3.05, 3.63) is 85.1 Å². The molecule has 0 fully saturated rings. The molecule has 0 aliphatic carbocycles. The summed E-state index contributed by atoms with van der Waals surface area (Å²) in [5.74, 6) is 1.61. The monoisotopic (exact) mass is 427 g/mol. The number of pyridine rings is 1. The molecule has 2 aromatic carbocycles. The fourth-order valence-corrected chi connectivity index (χ4v) is 3.76. The summed E-state index contributed by atoms with van der Waals surface area (Å²) in [7, 11) is 1.99. The maximum absolute atomic E-state index is 12.9. The van der Waals surface area contributed by atoms with E-state index in [0.717, 1.165) is 45.0 Å². The van der Waals surface area contributed by atoms with Gasteiger partial charge in [0.2, 0.25) is 0 Å². The number of ether oxygens (including phenoxy) is 1. The van der Waals surface area contributed by atoms with E-state index in [1.165, 1.54) is 0 Å². The average Bonchev–Trinajstić information content (AvgIpc) is 3.40. The van der Waals surface area contributed by atoms with E-state index in [9.17, 15) is 4.39 Å². The minimum Gasteiger partial charge on any atom is -0.486 e. The Kier molecular flexibility index (Phi) is 5.37. The van der Waals surface area contributed by atoms with E-state index >= 15 is 0 Å². The lowest BCUT2D eigenvalue weighted by Crippen LogP contribution is -2.03. The van der Waals surface area contributed by atoms with E-state index in [-0.39, 0.29) is 6.54 Å². The molecule has 3 heterocycles. The van der Waals surface area contributed by atoms with Gasteiger partial charge in [-0.3, -0.25) is 9.67 Å². The highest BCUT2D eigenvalue weighted by atomic mass is 19.1. The predicted octanol–water partition coefficient (Wildman–Crippen LogP) is 5.05. The first-order valence-corrected chi connectivity index (χ1v) is 10.4. The molecule has 5 aromatic rings. The molecule has 0 spiro atoms. The van der Waals surface area contributed by atoms with Crippen molar-refractivity contribution in [2.24, 2.45) is 7.05 Å². The van der Waals surface area contributed by atoms with Crippen LogP contribution in [0.1, 0.15) is 5.82 Å². The molecule has 0 aliphatic heterocycles. The number of hydrogen-bond donors (Lipinski definition) is 0. The maximum Gasteiger partial charge on any atom is 0.147 e. The van der Waals surface area contributed by atoms with Crippen LogP contribution in [0.4, 0.5) is 4.39 Å². The SMILES string of the molecule is Cn1c(COc2ccc(-c3nn(CCF)cc3-c3ccncc3)cc2)nc2ccccc21. The first-order chi connectivity index (χ1) is 15.7. The second-order valence-corrected chi connectivity index (χ2v) is 7.47. The lowest BCUT2D eigenvalue weighted by Gasteiger charge is -2.08. The van der Waals surface area contributed by atoms with Crippen LogP contribution >= 0.6 is 0 Å². The van der Waals surface area contributed by atoms with Crippen LogP contribution in [0, 0.1) is 0 Å². The number of rotatable bonds is 7. The van der Waals surface area contributed by atoms with Gasteiger partial charge in [-0.15, -0.1) is 0 Å². The molecule has 6 nitrogen and oxygen atoms in total. The molecule has 0 N–H and O–H groups in total. The average molecular weight is 427 g/mol. The van der Waals surface area contributed by atoms with Crippen LogP contribution in [0.3, 0.4) is 0 Å². The number of aryl methyl sites for hydroxylation is 2. The molecule has 0 saturated carbocycles. The second-order valence-electron chi connectivity index (χ2n) is 7.47. The minimum absolute atomic E-state index is 0.220. The largest absolute Gasteiger partial charge is 0.486 e. The van der Waals surface area contributed by atoms with Gasteiger partial charge in [0.05, 0.1) is 17.6 Å². The Balaban J connectivity index is 1.38. The van der Waals surface area contributed by atoms with E-state index in [2.05, 4.69) is 15.1 Å². The number of hydrogen-bond acceptors (Lipinski definition) is 4. The molecule has 5 rings (SSSR count). The summed E-state index contributed by atoms with van der Waals surface area (Å²) in [6, 6.07) is 19.7. The van der Waals surface area contributed by atoms with Crippen molar-refractivity contribution in [3.63, 3.8) is 0 Å². The van der Waals surface area contributed by atoms with Gasteiger partial charge in [-0.2, -0.15) is 5.10 Å². The van der Waals surface area contributed by atoms with Gasteiger partial charge in [0.1, 0.15) is 30.5 Å². The summed E-state index contributed by atoms with van der Waals surface area (Å²) in [5.41, 5.74) is 5.69. The molecule has 0 radical (unpaired) electrons. The molecule has 160 valence electrons. The number of halogens is 1. The van der Waals surface area contributed by atoms with Gasteiger partial charge in [0.15, 0.2) is 0 Å². The summed E-state index contributed by atoms with van der Waals surface area (Å²) < 4.78 is 22.6. The lowest BCUT2D eigenvalue weighted by atomic mass is 10.0. The van der Waals surface area contributed by atoms with E-state index in [1.807, 2.05) is 78.5 Å². The van der Waals surface area contributed by atoms with Crippen molar-refractivity contribution in [2.45, 2.75) is 13.2 Å². The Morgan fingerprint density at radius 3 is 2.47 bits per heavy atom. The topological polar surface area (TPSA) is 57.8 Å². The highest BCUT2D eigenvalue weighted by Crippen LogP contribution is 2.32. The molecular formula is C25H22FN5O. The van der Waals surface area contributed by atoms with Crippen LogP contribution in [-0.2, 0) is 20.2 Å². The number of para-hydroxylation sites is 2. The third-order valence-electron chi connectivity index (χ3n) is 5.44. The maximum atomic E-state index is 12.9. The zero-order valence-corrected chi connectivity index (χ0v) is 17.6. The van der Waals surface area contributed by atoms with Gasteiger partial charge in [0.25, 0.3) is 0 Å². The van der Waals surface area contributed by atoms with Gasteiger partial charge in [-0.05, 0) is 54.1 Å². The van der Waals surface area contributed by atoms with Crippen molar-refractivity contribution >= 4 is 11.0 Å². The molecule has 0 atom stereocenters. The van der Waals surface area contributed by atoms with E-state index in [0.29, 0.717) is 6.61 Å². The Morgan fingerprint density at radius 2 is 1.72 bits per heavy atom. The third-order valence-corrected chi connectivity index (χ3v) is 5.44. The summed E-state index contributed by atoms with van der Waals surface area (Å²) in [6.07, 6.45) is 5.35. The van der Waals surface area contributed by atoms with E-state index in [4.69, 9.17) is 4.74 Å². The van der Waals surface area contributed by atoms with Gasteiger partial charge >= 0.3 is 0 Å². The number of imidazole rings is 1. The zero-order valence-electron chi connectivity index (χ0n) is 17.6. The molecule has 0 saturated heterocycles. The Labute approximate surface area is 184 Å². The predicted molar refractivity (Wildman–Crippen MR) is 122 cm³/mol. The minimum atomic E-state index is -0.466. The number of benzene rings is 2. The fraction of sp³-hybridized carbons (Fsp3) is 0.160. The summed E-state index contributed by atoms with van der Waals surface area (Å²) in [5, 5.41) is 4.61. The Morgan fingerprint density at radius 1 is 0.938 bits per heavy atom. The van der Waals surface area contributed by atoms with Crippen molar-refractivity contribution in [1.29, 1.82) is 0 Å². The lowest BCUT2D eigenvalue weighted by molar-refractivity contribution is 0.292. The van der Waals surface area contributed by atoms with Crippen molar-refractivity contribution in [2.75, 3.05) is 6.67 Å². The van der Waals surface area contributed by atoms with Gasteiger partial charge in [0, 0.05) is 36.8 Å². The van der Waals surface area contributed by atoms with E-state index < -0.39 is 6.67 Å². The van der Waals surface area contributed by atoms with Gasteiger partial charge in [-0.1, -0.05) is 12.1 Å². The van der Waals surface area contributed by atoms with Crippen LogP contribution in [-0.4, -0.2) is 31.0 Å². The molecule has 7 heteroatoms. The zero-order chi connectivity index (χ0) is 21.9. The van der Waals surface area contributed by atoms with E-state index in [1.54, 1.807) is 17.1 Å². The standard InChI is InChI=1S/C25H22FN5O/c1-30-23-5-3-2-4-22(23)28-24(30)17-32-20-8-6-19(7-9-20)25-21(16-31(29-25)15-12-26)18-10-13-27-14-11-18/h2-11,13-14,16H,12,15,17H2,1H3. The number of nitrogens with zero attached hydrogens (tertiary/aromatic N) is 5. The fourth-order valence-electron chi connectivity index (χ4n) is 3.76. The summed E-state index contributed by atoms with van der Waals surface area (Å²) in [4.78, 5) is 8.73. The quantitative estimate of drug-likeness (QED) is 0.365. The second kappa shape index (κ2) is 8.63. The number of alkyl halides is 1. The van der Waals surface area contributed by atoms with Crippen LogP contribution < -0.4 is 4.74 Å². The first-order valence-electron chi connectivity index (χ1n) is 10.4. The van der Waals surface area contributed by atoms with Gasteiger partial charge in [-0.25, -0.2) is 9.37 Å². The Bertz CT molecular complexity index is 1340. The number of fused-ring (bicyclic) bond motifs is 1. The van der Waals surface area contributed by atoms with Crippen LogP contribution in [0.15, 0.2) is 79.3 Å². The summed E-state index contributed by atoms with van der Waals surface area (Å²) in [6.45, 7) is 0.126. The molecular weight excluding hydrogens is 405 g/mol. The van der Waals surface area contributed by atoms with Crippen LogP contribution in [0.25, 0.3) is 33.4 Å². The molecule has 0 bridgehead atoms. The molecule has 0 amide bonds. The van der Waals surface area contributed by atoms with Crippen molar-refractivity contribution < 1.29 is 9.13 Å². The van der Waals surface area contributed by atoms with Crippen LogP contribution in [0.5, 0.6) is 5.75 Å². The summed E-state index contributed by atoms with van der Waals surface area (Å²) >= 11 is 0. The van der Waals surface area contributed by atoms with Gasteiger partial charge < -0.3 is 9.30 Å². The first kappa shape index (κ1) is 19.9. The van der Waals surface area contributed by atoms with Crippen molar-refractivity contribution in [1.82, 2.24) is 24.3 Å². The molecule has 3 aromatic heterocycles. The highest BCUT2D eigenvalue weighted by molar-refractivity contribution is 5.80. The third kappa shape index (κ3) is 3.85. The molecule has 0 unspecified atom stereocenters. The van der Waals surface area contributed by atoms with Crippen LogP contribution in [0.2, 0.25) is 0 Å². The highest BCUT2D eigenvalue weighted by Gasteiger charge is 2.14. The smallest absolute Gasteiger partial charge is 0.147 e. The normalized spacial score (nSPS) is 11.2. The molecule has 32 heavy (non-hydrogen) atoms. The Hall–Kier alpha value is -4.00. The molecule has 0 aliphatic rings. The van der Waals surface area contributed by atoms with Crippen molar-refractivity contribution in [3.8, 4) is 28.1 Å².